The summed E-state index contributed by atoms with van der Waals surface area (Å²) < 4.78 is 0. The molecule has 5 aliphatic carbocycles. The van der Waals surface area contributed by atoms with E-state index < -0.39 is 16.1 Å². The number of hydrogen-bond acceptors (Lipinski definition) is 2. The molecule has 0 bridgehead atoms. The fraction of sp³-hybridized carbons (Fsp3) is 0.320. The molecule has 3 aliphatic heterocycles. The second kappa shape index (κ2) is 12.3. The molecule has 3 heterocycles. The van der Waals surface area contributed by atoms with E-state index in [4.69, 9.17) is 0 Å². The van der Waals surface area contributed by atoms with Gasteiger partial charge in [-0.25, -0.2) is 0 Å². The van der Waals surface area contributed by atoms with E-state index in [2.05, 4.69) is 152 Å². The molecule has 0 amide bonds. The van der Waals surface area contributed by atoms with Crippen molar-refractivity contribution >= 4 is 54.7 Å². The average Bonchev–Trinajstić information content (AvgIpc) is 3.78. The lowest BCUT2D eigenvalue weighted by molar-refractivity contribution is 0.470. The van der Waals surface area contributed by atoms with Crippen LogP contribution < -0.4 is 20.5 Å². The predicted octanol–water partition coefficient (Wildman–Crippen LogP) is 11.6. The summed E-state index contributed by atoms with van der Waals surface area (Å²) in [6.07, 6.45) is 32.9. The summed E-state index contributed by atoms with van der Waals surface area (Å²) in [5, 5.41) is 7.03. The lowest BCUT2D eigenvalue weighted by Gasteiger charge is -2.37. The Bertz CT molecular complexity index is 2420. The maximum atomic E-state index is 2.78. The van der Waals surface area contributed by atoms with Gasteiger partial charge in [-0.15, -0.1) is 11.8 Å². The number of benzene rings is 3. The van der Waals surface area contributed by atoms with E-state index in [-0.39, 0.29) is 0 Å². The van der Waals surface area contributed by atoms with E-state index in [1.165, 1.54) is 65.9 Å². The fourth-order valence-corrected chi connectivity index (χ4v) is 19.6. The van der Waals surface area contributed by atoms with Crippen molar-refractivity contribution in [2.24, 2.45) is 5.92 Å². The van der Waals surface area contributed by atoms with Crippen molar-refractivity contribution < 1.29 is 0 Å². The molecule has 3 unspecified atom stereocenters. The molecule has 0 saturated carbocycles. The monoisotopic (exact) mass is 753 g/mol. The number of hydrogen-bond donors (Lipinski definition) is 0. The first kappa shape index (κ1) is 33.5. The molecule has 270 valence electrons. The van der Waals surface area contributed by atoms with Crippen LogP contribution in [-0.2, 0) is 0 Å². The highest BCUT2D eigenvalue weighted by Gasteiger charge is 2.45. The third kappa shape index (κ3) is 4.82. The van der Waals surface area contributed by atoms with E-state index in [1.807, 2.05) is 0 Å². The lowest BCUT2D eigenvalue weighted by atomic mass is 9.74. The highest BCUT2D eigenvalue weighted by atomic mass is 32.2. The molecule has 0 aromatic heterocycles. The molecular formula is C50H51NSSi2. The first-order chi connectivity index (χ1) is 26.3. The largest absolute Gasteiger partial charge is 0.317 e. The number of nitrogens with zero attached hydrogens (tertiary/aromatic N) is 1. The Morgan fingerprint density at radius 1 is 0.759 bits per heavy atom. The minimum atomic E-state index is -1.95. The van der Waals surface area contributed by atoms with Crippen molar-refractivity contribution in [1.29, 1.82) is 0 Å². The number of fused-ring (bicyclic) bond motifs is 11. The van der Waals surface area contributed by atoms with E-state index in [1.54, 1.807) is 53.5 Å². The zero-order valence-corrected chi connectivity index (χ0v) is 35.2. The van der Waals surface area contributed by atoms with E-state index >= 15 is 0 Å². The van der Waals surface area contributed by atoms with Crippen LogP contribution in [0.4, 0.5) is 5.69 Å². The third-order valence-corrected chi connectivity index (χ3v) is 22.9. The van der Waals surface area contributed by atoms with Gasteiger partial charge in [0, 0.05) is 38.7 Å². The molecule has 3 aromatic rings. The zero-order valence-electron chi connectivity index (χ0n) is 32.3. The molecule has 0 N–H and O–H groups in total. The van der Waals surface area contributed by atoms with Gasteiger partial charge in [0.1, 0.15) is 16.1 Å². The van der Waals surface area contributed by atoms with Crippen molar-refractivity contribution in [1.82, 2.24) is 0 Å². The molecule has 54 heavy (non-hydrogen) atoms. The quantitative estimate of drug-likeness (QED) is 0.244. The minimum Gasteiger partial charge on any atom is -0.317 e. The van der Waals surface area contributed by atoms with Gasteiger partial charge in [0.05, 0.1) is 0 Å². The average molecular weight is 754 g/mol. The van der Waals surface area contributed by atoms with E-state index in [0.29, 0.717) is 11.2 Å². The van der Waals surface area contributed by atoms with E-state index in [9.17, 15) is 0 Å². The number of allylic oxidation sites excluding steroid dienone is 15. The molecule has 4 heteroatoms. The molecule has 8 aliphatic rings. The maximum absolute atomic E-state index is 2.78. The van der Waals surface area contributed by atoms with Crippen LogP contribution in [0.1, 0.15) is 74.8 Å². The van der Waals surface area contributed by atoms with Gasteiger partial charge in [-0.1, -0.05) is 117 Å². The summed E-state index contributed by atoms with van der Waals surface area (Å²) in [4.78, 5) is 4.33. The van der Waals surface area contributed by atoms with Gasteiger partial charge in [-0.2, -0.15) is 0 Å². The lowest BCUT2D eigenvalue weighted by Crippen LogP contribution is -2.49. The number of thioether (sulfide) groups is 1. The molecule has 1 nitrogen and oxygen atoms in total. The van der Waals surface area contributed by atoms with Gasteiger partial charge in [0.25, 0.3) is 0 Å². The molecule has 0 radical (unpaired) electrons. The summed E-state index contributed by atoms with van der Waals surface area (Å²) in [5.41, 5.74) is 17.0. The van der Waals surface area contributed by atoms with Crippen LogP contribution >= 0.6 is 11.8 Å². The SMILES string of the molecule is C[Si]1(C)C2=CCCC(N(C3=CC=C(C4=C5C=CCCC5CCC4)CC3)c3ccc4c(c3)[Si](C)(C)c3ccc5c(c3-4)SC3C=CC=CC53)=C2c2ccccc21. The Hall–Kier alpha value is -3.84. The van der Waals surface area contributed by atoms with Gasteiger partial charge in [0.2, 0.25) is 0 Å². The minimum absolute atomic E-state index is 0.495. The van der Waals surface area contributed by atoms with Gasteiger partial charge < -0.3 is 4.90 Å². The maximum Gasteiger partial charge on any atom is 0.113 e. The summed E-state index contributed by atoms with van der Waals surface area (Å²) in [6, 6.07) is 22.1. The molecule has 0 spiro atoms. The van der Waals surface area contributed by atoms with Crippen LogP contribution in [0.2, 0.25) is 26.2 Å². The van der Waals surface area contributed by atoms with Crippen molar-refractivity contribution in [2.75, 3.05) is 4.90 Å². The molecule has 11 rings (SSSR count). The third-order valence-electron chi connectivity index (χ3n) is 14.4. The highest BCUT2D eigenvalue weighted by molar-refractivity contribution is 8.00. The van der Waals surface area contributed by atoms with Crippen molar-refractivity contribution in [3.63, 3.8) is 0 Å². The van der Waals surface area contributed by atoms with Crippen LogP contribution in [0.15, 0.2) is 147 Å². The first-order valence-electron chi connectivity index (χ1n) is 20.8. The summed E-state index contributed by atoms with van der Waals surface area (Å²) in [5.74, 6) is 1.27. The Morgan fingerprint density at radius 3 is 2.54 bits per heavy atom. The molecule has 0 saturated heterocycles. The van der Waals surface area contributed by atoms with Crippen molar-refractivity contribution in [3.05, 3.63) is 154 Å². The van der Waals surface area contributed by atoms with Gasteiger partial charge >= 0.3 is 0 Å². The summed E-state index contributed by atoms with van der Waals surface area (Å²) in [6.45, 7) is 10.4. The topological polar surface area (TPSA) is 3.24 Å². The molecule has 3 atom stereocenters. The van der Waals surface area contributed by atoms with Crippen LogP contribution in [0, 0.1) is 5.92 Å². The van der Waals surface area contributed by atoms with Crippen molar-refractivity contribution in [2.45, 2.75) is 100 Å². The Morgan fingerprint density at radius 2 is 1.65 bits per heavy atom. The second-order valence-electron chi connectivity index (χ2n) is 18.0. The second-order valence-corrected chi connectivity index (χ2v) is 27.8. The van der Waals surface area contributed by atoms with Gasteiger partial charge in [0.15, 0.2) is 0 Å². The van der Waals surface area contributed by atoms with Crippen LogP contribution in [0.3, 0.4) is 0 Å². The summed E-state index contributed by atoms with van der Waals surface area (Å²) in [7, 11) is -3.74. The zero-order chi connectivity index (χ0) is 36.3. The fourth-order valence-electron chi connectivity index (χ4n) is 11.7. The molecule has 3 aromatic carbocycles. The van der Waals surface area contributed by atoms with Gasteiger partial charge in [-0.3, -0.25) is 0 Å². The highest BCUT2D eigenvalue weighted by Crippen LogP contribution is 2.53. The molecular weight excluding hydrogens is 703 g/mol. The predicted molar refractivity (Wildman–Crippen MR) is 238 cm³/mol. The standard InChI is InChI=1S/C50H51NSSi2/c1-53(2)44-21-10-8-17-40(44)48-42(19-12-22-45(48)53)51(34-25-23-33(24-26-34)37-18-11-14-32-13-5-6-15-36(32)37)35-27-28-41-47(31-35)54(3,4)46-30-29-39-38-16-7-9-20-43(38)52-50(39)49(41)46/h6-10,15-17,20-23,25,27-32,38,43H,5,11-14,18-19,24,26H2,1-4H3. The van der Waals surface area contributed by atoms with Crippen molar-refractivity contribution in [3.8, 4) is 11.1 Å². The Labute approximate surface area is 328 Å². The summed E-state index contributed by atoms with van der Waals surface area (Å²) >= 11 is 2.11. The number of anilines is 1. The van der Waals surface area contributed by atoms with Crippen LogP contribution in [-0.4, -0.2) is 21.4 Å². The number of rotatable bonds is 4. The van der Waals surface area contributed by atoms with Crippen LogP contribution in [0.5, 0.6) is 0 Å². The van der Waals surface area contributed by atoms with Crippen LogP contribution in [0.25, 0.3) is 16.7 Å². The van der Waals surface area contributed by atoms with Gasteiger partial charge in [-0.05, 0) is 142 Å². The smallest absolute Gasteiger partial charge is 0.113 e. The van der Waals surface area contributed by atoms with E-state index in [0.717, 1.165) is 31.6 Å². The Balaban J connectivity index is 1.08. The Kier molecular flexibility index (Phi) is 7.65. The molecule has 0 fully saturated rings. The first-order valence-corrected chi connectivity index (χ1v) is 27.7. The normalized spacial score (nSPS) is 26.2.